The molecule has 0 unspecified atom stereocenters. The van der Waals surface area contributed by atoms with Crippen molar-refractivity contribution in [2.24, 2.45) is 0 Å². The maximum Gasteiger partial charge on any atom is 0.264 e. The van der Waals surface area contributed by atoms with Gasteiger partial charge >= 0.3 is 0 Å². The predicted molar refractivity (Wildman–Crippen MR) is 170 cm³/mol. The average Bonchev–Trinajstić information content (AvgIpc) is 3.49. The zero-order chi connectivity index (χ0) is 31.1. The van der Waals surface area contributed by atoms with Crippen LogP contribution in [0.5, 0.6) is 5.75 Å². The topological polar surface area (TPSA) is 96.0 Å². The molecule has 1 aliphatic carbocycles. The molecular weight excluding hydrogens is 609 g/mol. The first-order valence-corrected chi connectivity index (χ1v) is 16.6. The molecule has 0 spiro atoms. The van der Waals surface area contributed by atoms with Crippen molar-refractivity contribution in [2.75, 3.05) is 17.5 Å². The molecule has 0 aromatic heterocycles. The fourth-order valence-corrected chi connectivity index (χ4v) is 7.06. The monoisotopic (exact) mass is 645 g/mol. The van der Waals surface area contributed by atoms with Crippen LogP contribution in [-0.2, 0) is 26.2 Å². The Labute approximate surface area is 264 Å². The maximum atomic E-state index is 14.3. The summed E-state index contributed by atoms with van der Waals surface area (Å²) in [7, 11) is -4.24. The average molecular weight is 647 g/mol. The van der Waals surface area contributed by atoms with E-state index in [-0.39, 0.29) is 29.1 Å². The van der Waals surface area contributed by atoms with Crippen molar-refractivity contribution in [2.45, 2.75) is 70.0 Å². The number of halogens is 2. The third-order valence-electron chi connectivity index (χ3n) is 7.58. The number of nitrogens with zero attached hydrogens (tertiary/aromatic N) is 2. The van der Waals surface area contributed by atoms with Gasteiger partial charge in [-0.05, 0) is 70.0 Å². The second-order valence-corrected chi connectivity index (χ2v) is 13.3. The van der Waals surface area contributed by atoms with Crippen LogP contribution in [-0.4, -0.2) is 50.4 Å². The molecule has 3 aromatic rings. The van der Waals surface area contributed by atoms with E-state index in [1.807, 2.05) is 6.92 Å². The van der Waals surface area contributed by atoms with Crippen molar-refractivity contribution >= 4 is 50.7 Å². The molecule has 4 rings (SSSR count). The van der Waals surface area contributed by atoms with Gasteiger partial charge in [-0.3, -0.25) is 13.9 Å². The standard InChI is InChI=1S/C32H37Cl2N3O5S/c1-4-42-30-15-8-7-14-29(30)37(43(40,41)25-18-16-22(2)17-19-25)21-31(38)36(20-26-27(33)12-9-13-28(26)34)23(3)32(39)35-24-10-5-6-11-24/h7-9,12-19,23-24H,4-6,10-11,20-21H2,1-3H3,(H,35,39)/t23-/m0/s1. The maximum absolute atomic E-state index is 14.3. The molecule has 1 atom stereocenters. The van der Waals surface area contributed by atoms with Gasteiger partial charge in [-0.15, -0.1) is 0 Å². The summed E-state index contributed by atoms with van der Waals surface area (Å²) in [6, 6.07) is 17.2. The number of carbonyl (C=O) groups is 2. The SMILES string of the molecule is CCOc1ccccc1N(CC(=O)N(Cc1c(Cl)cccc1Cl)[C@@H](C)C(=O)NC1CCCC1)S(=O)(=O)c1ccc(C)cc1. The summed E-state index contributed by atoms with van der Waals surface area (Å²) in [4.78, 5) is 29.0. The van der Waals surface area contributed by atoms with Crippen molar-refractivity contribution < 1.29 is 22.7 Å². The number of carbonyl (C=O) groups excluding carboxylic acids is 2. The third kappa shape index (κ3) is 7.82. The molecule has 8 nitrogen and oxygen atoms in total. The van der Waals surface area contributed by atoms with Crippen LogP contribution in [0.15, 0.2) is 71.6 Å². The van der Waals surface area contributed by atoms with E-state index in [0.29, 0.717) is 28.0 Å². The van der Waals surface area contributed by atoms with E-state index in [1.54, 1.807) is 68.4 Å². The molecule has 0 aliphatic heterocycles. The van der Waals surface area contributed by atoms with Crippen LogP contribution < -0.4 is 14.4 Å². The highest BCUT2D eigenvalue weighted by molar-refractivity contribution is 7.92. The fraction of sp³-hybridized carbons (Fsp3) is 0.375. The fourth-order valence-electron chi connectivity index (χ4n) is 5.12. The number of benzene rings is 3. The molecule has 230 valence electrons. The van der Waals surface area contributed by atoms with Crippen molar-refractivity contribution in [1.82, 2.24) is 10.2 Å². The van der Waals surface area contributed by atoms with Gasteiger partial charge in [0, 0.05) is 28.2 Å². The summed E-state index contributed by atoms with van der Waals surface area (Å²) in [5.74, 6) is -0.626. The summed E-state index contributed by atoms with van der Waals surface area (Å²) < 4.78 is 35.1. The van der Waals surface area contributed by atoms with Gasteiger partial charge in [-0.25, -0.2) is 8.42 Å². The van der Waals surface area contributed by atoms with Crippen LogP contribution in [0.1, 0.15) is 50.7 Å². The lowest BCUT2D eigenvalue weighted by Gasteiger charge is -2.33. The van der Waals surface area contributed by atoms with Gasteiger partial charge in [0.15, 0.2) is 0 Å². The van der Waals surface area contributed by atoms with Crippen LogP contribution in [0.25, 0.3) is 0 Å². The van der Waals surface area contributed by atoms with Gasteiger partial charge in [0.25, 0.3) is 10.0 Å². The van der Waals surface area contributed by atoms with Gasteiger partial charge in [-0.1, -0.05) is 71.9 Å². The molecule has 0 radical (unpaired) electrons. The highest BCUT2D eigenvalue weighted by Crippen LogP contribution is 2.33. The Morgan fingerprint density at radius 2 is 1.60 bits per heavy atom. The first-order chi connectivity index (χ1) is 20.5. The van der Waals surface area contributed by atoms with Crippen LogP contribution >= 0.6 is 23.2 Å². The Morgan fingerprint density at radius 3 is 2.23 bits per heavy atom. The predicted octanol–water partition coefficient (Wildman–Crippen LogP) is 6.37. The number of rotatable bonds is 12. The summed E-state index contributed by atoms with van der Waals surface area (Å²) in [6.45, 7) is 4.88. The van der Waals surface area contributed by atoms with Gasteiger partial charge in [-0.2, -0.15) is 0 Å². The Hall–Kier alpha value is -3.27. The summed E-state index contributed by atoms with van der Waals surface area (Å²) in [5, 5.41) is 3.72. The largest absolute Gasteiger partial charge is 0.492 e. The molecule has 1 saturated carbocycles. The number of ether oxygens (including phenoxy) is 1. The van der Waals surface area contributed by atoms with E-state index in [0.717, 1.165) is 35.6 Å². The molecule has 0 saturated heterocycles. The van der Waals surface area contributed by atoms with Gasteiger partial charge in [0.1, 0.15) is 18.3 Å². The highest BCUT2D eigenvalue weighted by atomic mass is 35.5. The Morgan fingerprint density at radius 1 is 0.977 bits per heavy atom. The molecule has 1 fully saturated rings. The first kappa shape index (κ1) is 32.6. The van der Waals surface area contributed by atoms with E-state index in [1.165, 1.54) is 17.0 Å². The second kappa shape index (κ2) is 14.5. The molecule has 2 amide bonds. The second-order valence-electron chi connectivity index (χ2n) is 10.6. The minimum atomic E-state index is -4.24. The third-order valence-corrected chi connectivity index (χ3v) is 10.1. The number of aryl methyl sites for hydroxylation is 1. The van der Waals surface area contributed by atoms with Crippen LogP contribution in [0.2, 0.25) is 10.0 Å². The Bertz CT molecular complexity index is 1520. The van der Waals surface area contributed by atoms with E-state index < -0.39 is 28.5 Å². The van der Waals surface area contributed by atoms with Crippen LogP contribution in [0.4, 0.5) is 5.69 Å². The van der Waals surface area contributed by atoms with E-state index >= 15 is 0 Å². The molecule has 1 N–H and O–H groups in total. The quantitative estimate of drug-likeness (QED) is 0.247. The smallest absolute Gasteiger partial charge is 0.264 e. The number of nitrogens with one attached hydrogen (secondary N) is 1. The zero-order valence-electron chi connectivity index (χ0n) is 24.6. The van der Waals surface area contributed by atoms with Crippen LogP contribution in [0, 0.1) is 6.92 Å². The van der Waals surface area contributed by atoms with E-state index in [4.69, 9.17) is 27.9 Å². The van der Waals surface area contributed by atoms with Crippen molar-refractivity contribution in [3.05, 3.63) is 87.9 Å². The number of amides is 2. The normalized spacial score (nSPS) is 14.3. The highest BCUT2D eigenvalue weighted by Gasteiger charge is 2.35. The van der Waals surface area contributed by atoms with Crippen molar-refractivity contribution in [3.63, 3.8) is 0 Å². The zero-order valence-corrected chi connectivity index (χ0v) is 26.9. The molecular formula is C32H37Cl2N3O5S. The summed E-state index contributed by atoms with van der Waals surface area (Å²) in [6.07, 6.45) is 3.81. The molecule has 3 aromatic carbocycles. The molecule has 43 heavy (non-hydrogen) atoms. The number of hydrogen-bond donors (Lipinski definition) is 1. The van der Waals surface area contributed by atoms with Gasteiger partial charge in [0.2, 0.25) is 11.8 Å². The van der Waals surface area contributed by atoms with Gasteiger partial charge < -0.3 is 15.0 Å². The van der Waals surface area contributed by atoms with E-state index in [9.17, 15) is 18.0 Å². The first-order valence-electron chi connectivity index (χ1n) is 14.4. The molecule has 0 bridgehead atoms. The number of sulfonamides is 1. The molecule has 0 heterocycles. The van der Waals surface area contributed by atoms with E-state index in [2.05, 4.69) is 5.32 Å². The van der Waals surface area contributed by atoms with Crippen LogP contribution in [0.3, 0.4) is 0 Å². The minimum absolute atomic E-state index is 0.0184. The summed E-state index contributed by atoms with van der Waals surface area (Å²) >= 11 is 13.0. The van der Waals surface area contributed by atoms with Crippen molar-refractivity contribution in [1.29, 1.82) is 0 Å². The molecule has 1 aliphatic rings. The summed E-state index contributed by atoms with van der Waals surface area (Å²) in [5.41, 5.74) is 1.56. The van der Waals surface area contributed by atoms with Crippen molar-refractivity contribution in [3.8, 4) is 5.75 Å². The Kier molecular flexibility index (Phi) is 11.0. The Balaban J connectivity index is 1.75. The van der Waals surface area contributed by atoms with Gasteiger partial charge in [0.05, 0.1) is 17.2 Å². The minimum Gasteiger partial charge on any atom is -0.492 e. The number of anilines is 1. The number of para-hydroxylation sites is 2. The lowest BCUT2D eigenvalue weighted by molar-refractivity contribution is -0.139. The lowest BCUT2D eigenvalue weighted by Crippen LogP contribution is -2.52. The molecule has 11 heteroatoms. The number of hydrogen-bond acceptors (Lipinski definition) is 5. The lowest BCUT2D eigenvalue weighted by atomic mass is 10.1.